The molecule has 0 aliphatic carbocycles. The van der Waals surface area contributed by atoms with Crippen molar-refractivity contribution >= 4 is 11.9 Å². The van der Waals surface area contributed by atoms with E-state index in [1.807, 2.05) is 0 Å². The van der Waals surface area contributed by atoms with Crippen LogP contribution in [-0.4, -0.2) is 35.5 Å². The molecule has 0 aliphatic heterocycles. The molecule has 0 saturated heterocycles. The van der Waals surface area contributed by atoms with Crippen molar-refractivity contribution in [3.05, 3.63) is 0 Å². The Labute approximate surface area is 85.9 Å². The molecule has 1 N–H and O–H groups in total. The van der Waals surface area contributed by atoms with Gasteiger partial charge in [0.05, 0.1) is 6.42 Å². The number of carboxylic acid groups (broad SMARTS) is 1. The van der Waals surface area contributed by atoms with Gasteiger partial charge >= 0.3 is 5.97 Å². The van der Waals surface area contributed by atoms with Crippen LogP contribution >= 0.6 is 0 Å². The van der Waals surface area contributed by atoms with E-state index >= 15 is 0 Å². The van der Waals surface area contributed by atoms with E-state index < -0.39 is 5.97 Å². The monoisotopic (exact) mass is 203 g/mol. The van der Waals surface area contributed by atoms with Gasteiger partial charge in [0.15, 0.2) is 0 Å². The average Bonchev–Trinajstić information content (AvgIpc) is 2.14. The van der Waals surface area contributed by atoms with Crippen molar-refractivity contribution < 1.29 is 14.7 Å². The maximum Gasteiger partial charge on any atom is 0.305 e. The summed E-state index contributed by atoms with van der Waals surface area (Å²) in [5.41, 5.74) is 0. The minimum Gasteiger partial charge on any atom is -0.481 e. The zero-order valence-electron chi connectivity index (χ0n) is 9.54. The molecule has 1 amide bonds. The maximum atomic E-state index is 10.5. The van der Waals surface area contributed by atoms with Crippen LogP contribution in [0, 0.1) is 0 Å². The van der Waals surface area contributed by atoms with Crippen molar-refractivity contribution in [2.45, 2.75) is 40.0 Å². The van der Waals surface area contributed by atoms with Crippen molar-refractivity contribution in [2.24, 2.45) is 0 Å². The predicted molar refractivity (Wildman–Crippen MR) is 56.1 cm³/mol. The third kappa shape index (κ3) is 13.5. The van der Waals surface area contributed by atoms with E-state index in [0.717, 1.165) is 0 Å². The molecule has 0 aliphatic rings. The topological polar surface area (TPSA) is 57.6 Å². The van der Waals surface area contributed by atoms with Crippen LogP contribution in [0.15, 0.2) is 0 Å². The maximum absolute atomic E-state index is 10.5. The number of carbonyl (C=O) groups is 2. The first-order valence-electron chi connectivity index (χ1n) is 4.89. The van der Waals surface area contributed by atoms with E-state index in [1.165, 1.54) is 24.7 Å². The van der Waals surface area contributed by atoms with Crippen molar-refractivity contribution in [3.63, 3.8) is 0 Å². The highest BCUT2D eigenvalue weighted by Crippen LogP contribution is 1.87. The van der Waals surface area contributed by atoms with Gasteiger partial charge in [-0.25, -0.2) is 0 Å². The largest absolute Gasteiger partial charge is 0.481 e. The zero-order valence-corrected chi connectivity index (χ0v) is 9.54. The molecular formula is C10H21NO3. The lowest BCUT2D eigenvalue weighted by Gasteiger charge is -2.11. The predicted octanol–water partition coefficient (Wildman–Crippen LogP) is 1.75. The molecule has 14 heavy (non-hydrogen) atoms. The van der Waals surface area contributed by atoms with Crippen molar-refractivity contribution in [3.8, 4) is 0 Å². The van der Waals surface area contributed by atoms with Gasteiger partial charge in [-0.3, -0.25) is 9.59 Å². The molecule has 0 aromatic carbocycles. The standard InChI is InChI=1S/C6H11NO3.C4H10/c1-5(8)7(2)4-3-6(9)10;1-3-4-2/h3-4H2,1-2H3,(H,9,10);3-4H2,1-2H3. The van der Waals surface area contributed by atoms with E-state index in [-0.39, 0.29) is 18.9 Å². The normalized spacial score (nSPS) is 8.57. The number of aliphatic carboxylic acids is 1. The van der Waals surface area contributed by atoms with Crippen LogP contribution in [0.25, 0.3) is 0 Å². The Morgan fingerprint density at radius 1 is 1.21 bits per heavy atom. The molecule has 0 aromatic heterocycles. The Kier molecular flexibility index (Phi) is 11.0. The molecule has 0 bridgehead atoms. The summed E-state index contributed by atoms with van der Waals surface area (Å²) in [5.74, 6) is -0.991. The second kappa shape index (κ2) is 10.0. The van der Waals surface area contributed by atoms with E-state index in [9.17, 15) is 9.59 Å². The Morgan fingerprint density at radius 3 is 1.86 bits per heavy atom. The molecular weight excluding hydrogens is 182 g/mol. The minimum atomic E-state index is -0.881. The first-order chi connectivity index (χ1) is 6.45. The van der Waals surface area contributed by atoms with Crippen molar-refractivity contribution in [1.82, 2.24) is 4.90 Å². The zero-order chi connectivity index (χ0) is 11.6. The van der Waals surface area contributed by atoms with Crippen molar-refractivity contribution in [1.29, 1.82) is 0 Å². The van der Waals surface area contributed by atoms with Gasteiger partial charge in [-0.15, -0.1) is 0 Å². The van der Waals surface area contributed by atoms with Gasteiger partial charge < -0.3 is 10.0 Å². The minimum absolute atomic E-state index is 0.0100. The number of rotatable bonds is 4. The fourth-order valence-electron chi connectivity index (χ4n) is 0.421. The molecule has 0 atom stereocenters. The second-order valence-corrected chi connectivity index (χ2v) is 3.08. The van der Waals surface area contributed by atoms with Gasteiger partial charge in [-0.2, -0.15) is 0 Å². The summed E-state index contributed by atoms with van der Waals surface area (Å²) in [6.45, 7) is 6.05. The fraction of sp³-hybridized carbons (Fsp3) is 0.800. The van der Waals surface area contributed by atoms with E-state index in [4.69, 9.17) is 5.11 Å². The number of unbranched alkanes of at least 4 members (excludes halogenated alkanes) is 1. The highest BCUT2D eigenvalue weighted by molar-refractivity contribution is 5.74. The van der Waals surface area contributed by atoms with Crippen LogP contribution in [0.2, 0.25) is 0 Å². The molecule has 0 heterocycles. The highest BCUT2D eigenvalue weighted by Gasteiger charge is 2.03. The summed E-state index contributed by atoms with van der Waals surface area (Å²) in [6, 6.07) is 0. The van der Waals surface area contributed by atoms with Crippen molar-refractivity contribution in [2.75, 3.05) is 13.6 Å². The summed E-state index contributed by atoms with van der Waals surface area (Å²) < 4.78 is 0. The number of carboxylic acids is 1. The lowest BCUT2D eigenvalue weighted by Crippen LogP contribution is -2.26. The number of nitrogens with zero attached hydrogens (tertiary/aromatic N) is 1. The molecule has 0 fully saturated rings. The number of hydrogen-bond acceptors (Lipinski definition) is 2. The summed E-state index contributed by atoms with van der Waals surface area (Å²) in [5, 5.41) is 8.21. The Balaban J connectivity index is 0. The second-order valence-electron chi connectivity index (χ2n) is 3.08. The molecule has 84 valence electrons. The Bertz CT molecular complexity index is 167. The first kappa shape index (κ1) is 15.4. The molecule has 0 saturated carbocycles. The van der Waals surface area contributed by atoms with E-state index in [2.05, 4.69) is 13.8 Å². The van der Waals surface area contributed by atoms with Gasteiger partial charge in [0.1, 0.15) is 0 Å². The van der Waals surface area contributed by atoms with Gasteiger partial charge in [-0.1, -0.05) is 26.7 Å². The molecule has 4 nitrogen and oxygen atoms in total. The van der Waals surface area contributed by atoms with Crippen LogP contribution in [0.1, 0.15) is 40.0 Å². The molecule has 0 aromatic rings. The summed E-state index contributed by atoms with van der Waals surface area (Å²) in [6.07, 6.45) is 2.65. The third-order valence-electron chi connectivity index (χ3n) is 1.70. The average molecular weight is 203 g/mol. The molecule has 0 rings (SSSR count). The first-order valence-corrected chi connectivity index (χ1v) is 4.89. The summed E-state index contributed by atoms with van der Waals surface area (Å²) in [4.78, 5) is 21.8. The summed E-state index contributed by atoms with van der Waals surface area (Å²) >= 11 is 0. The summed E-state index contributed by atoms with van der Waals surface area (Å²) in [7, 11) is 1.57. The van der Waals surface area contributed by atoms with Gasteiger partial charge in [0.25, 0.3) is 0 Å². The third-order valence-corrected chi connectivity index (χ3v) is 1.70. The quantitative estimate of drug-likeness (QED) is 0.757. The molecule has 0 spiro atoms. The SMILES string of the molecule is CC(=O)N(C)CCC(=O)O.CCCC. The highest BCUT2D eigenvalue weighted by atomic mass is 16.4. The molecule has 4 heteroatoms. The van der Waals surface area contributed by atoms with Crippen LogP contribution in [0.4, 0.5) is 0 Å². The van der Waals surface area contributed by atoms with Gasteiger partial charge in [-0.05, 0) is 0 Å². The smallest absolute Gasteiger partial charge is 0.305 e. The van der Waals surface area contributed by atoms with Crippen LogP contribution in [-0.2, 0) is 9.59 Å². The lowest BCUT2D eigenvalue weighted by atomic mass is 10.4. The molecule has 0 radical (unpaired) electrons. The van der Waals surface area contributed by atoms with Crippen LogP contribution in [0.3, 0.4) is 0 Å². The number of carbonyl (C=O) groups excluding carboxylic acids is 1. The fourth-order valence-corrected chi connectivity index (χ4v) is 0.421. The Morgan fingerprint density at radius 2 is 1.64 bits per heavy atom. The lowest BCUT2D eigenvalue weighted by molar-refractivity contribution is -0.137. The number of hydrogen-bond donors (Lipinski definition) is 1. The van der Waals surface area contributed by atoms with E-state index in [0.29, 0.717) is 0 Å². The Hall–Kier alpha value is -1.06. The molecule has 0 unspecified atom stereocenters. The number of amides is 1. The van der Waals surface area contributed by atoms with Gasteiger partial charge in [0, 0.05) is 20.5 Å². The van der Waals surface area contributed by atoms with Crippen LogP contribution < -0.4 is 0 Å². The van der Waals surface area contributed by atoms with E-state index in [1.54, 1.807) is 7.05 Å². The van der Waals surface area contributed by atoms with Crippen LogP contribution in [0.5, 0.6) is 0 Å². The van der Waals surface area contributed by atoms with Gasteiger partial charge in [0.2, 0.25) is 5.91 Å².